The molecule has 2 heterocycles. The van der Waals surface area contributed by atoms with E-state index in [0.717, 1.165) is 0 Å². The van der Waals surface area contributed by atoms with Crippen molar-refractivity contribution in [2.24, 2.45) is 7.05 Å². The molecule has 6 nitrogen and oxygen atoms in total. The number of aryl methyl sites for hydroxylation is 1. The minimum absolute atomic E-state index is 0.126. The molecule has 0 aromatic carbocycles. The summed E-state index contributed by atoms with van der Waals surface area (Å²) < 4.78 is 6.46. The summed E-state index contributed by atoms with van der Waals surface area (Å²) in [4.78, 5) is 23.2. The molecular weight excluding hydrogens is 236 g/mol. The molecule has 0 saturated carbocycles. The maximum atomic E-state index is 11.8. The number of ether oxygens (including phenoxy) is 1. The monoisotopic (exact) mass is 252 g/mol. The maximum Gasteiger partial charge on any atom is 0.251 e. The molecule has 0 spiro atoms. The molecule has 1 amide bonds. The number of aromatic nitrogens is 1. The van der Waals surface area contributed by atoms with E-state index in [1.54, 1.807) is 13.1 Å². The van der Waals surface area contributed by atoms with Crippen LogP contribution >= 0.6 is 0 Å². The lowest BCUT2D eigenvalue weighted by Crippen LogP contribution is -2.43. The first-order chi connectivity index (χ1) is 8.50. The Morgan fingerprint density at radius 3 is 3.06 bits per heavy atom. The van der Waals surface area contributed by atoms with Crippen molar-refractivity contribution in [2.45, 2.75) is 12.0 Å². The summed E-state index contributed by atoms with van der Waals surface area (Å²) in [6, 6.07) is 2.83. The highest BCUT2D eigenvalue weighted by Crippen LogP contribution is 2.16. The number of pyridine rings is 1. The van der Waals surface area contributed by atoms with E-state index in [-0.39, 0.29) is 24.6 Å². The fourth-order valence-electron chi connectivity index (χ4n) is 1.77. The lowest BCUT2D eigenvalue weighted by Gasteiger charge is -2.20. The van der Waals surface area contributed by atoms with Crippen molar-refractivity contribution >= 4 is 5.91 Å². The van der Waals surface area contributed by atoms with Gasteiger partial charge in [0.05, 0.1) is 6.61 Å². The number of hydrogen-bond acceptors (Lipinski definition) is 4. The van der Waals surface area contributed by atoms with Crippen molar-refractivity contribution in [1.82, 2.24) is 9.88 Å². The summed E-state index contributed by atoms with van der Waals surface area (Å²) >= 11 is 0. The van der Waals surface area contributed by atoms with E-state index < -0.39 is 5.60 Å². The Hall–Kier alpha value is -1.66. The van der Waals surface area contributed by atoms with Crippen LogP contribution in [0.4, 0.5) is 0 Å². The van der Waals surface area contributed by atoms with E-state index in [1.165, 1.54) is 16.8 Å². The molecule has 1 aromatic heterocycles. The predicted octanol–water partition coefficient (Wildman–Crippen LogP) is -0.733. The van der Waals surface area contributed by atoms with Crippen LogP contribution in [-0.4, -0.2) is 40.9 Å². The Labute approximate surface area is 104 Å². The van der Waals surface area contributed by atoms with Gasteiger partial charge in [0.1, 0.15) is 5.60 Å². The molecule has 0 aliphatic carbocycles. The van der Waals surface area contributed by atoms with Crippen LogP contribution < -0.4 is 10.9 Å². The molecule has 0 radical (unpaired) electrons. The van der Waals surface area contributed by atoms with Crippen molar-refractivity contribution < 1.29 is 14.6 Å². The number of amides is 1. The van der Waals surface area contributed by atoms with Gasteiger partial charge in [-0.05, 0) is 6.07 Å². The standard InChI is InChI=1S/C12H16N2O4/c1-14-4-2-9(6-10(14)15)11(16)13-7-12(17)3-5-18-8-12/h2,4,6,17H,3,5,7-8H2,1H3,(H,13,16). The van der Waals surface area contributed by atoms with Gasteiger partial charge < -0.3 is 19.7 Å². The molecule has 98 valence electrons. The Morgan fingerprint density at radius 1 is 1.67 bits per heavy atom. The van der Waals surface area contributed by atoms with Gasteiger partial charge in [-0.2, -0.15) is 0 Å². The predicted molar refractivity (Wildman–Crippen MR) is 64.4 cm³/mol. The Bertz CT molecular complexity index is 503. The van der Waals surface area contributed by atoms with E-state index in [9.17, 15) is 14.7 Å². The SMILES string of the molecule is Cn1ccc(C(=O)NCC2(O)CCOC2)cc1=O. The molecule has 1 fully saturated rings. The summed E-state index contributed by atoms with van der Waals surface area (Å²) in [5.41, 5.74) is -0.943. The molecule has 0 bridgehead atoms. The van der Waals surface area contributed by atoms with Gasteiger partial charge in [0.2, 0.25) is 0 Å². The second-order valence-electron chi connectivity index (χ2n) is 4.57. The zero-order chi connectivity index (χ0) is 13.2. The molecule has 1 unspecified atom stereocenters. The third kappa shape index (κ3) is 2.77. The fraction of sp³-hybridized carbons (Fsp3) is 0.500. The van der Waals surface area contributed by atoms with Gasteiger partial charge in [0.25, 0.3) is 11.5 Å². The first-order valence-corrected chi connectivity index (χ1v) is 5.75. The molecule has 1 atom stereocenters. The highest BCUT2D eigenvalue weighted by Gasteiger charge is 2.32. The second kappa shape index (κ2) is 4.91. The lowest BCUT2D eigenvalue weighted by atomic mass is 10.0. The highest BCUT2D eigenvalue weighted by molar-refractivity contribution is 5.94. The summed E-state index contributed by atoms with van der Waals surface area (Å²) in [6.07, 6.45) is 2.04. The maximum absolute atomic E-state index is 11.8. The number of carbonyl (C=O) groups is 1. The first-order valence-electron chi connectivity index (χ1n) is 5.75. The van der Waals surface area contributed by atoms with Crippen molar-refractivity contribution in [3.05, 3.63) is 34.2 Å². The van der Waals surface area contributed by atoms with E-state index in [1.807, 2.05) is 0 Å². The molecule has 1 aliphatic heterocycles. The van der Waals surface area contributed by atoms with E-state index in [2.05, 4.69) is 5.32 Å². The van der Waals surface area contributed by atoms with Gasteiger partial charge in [-0.1, -0.05) is 0 Å². The van der Waals surface area contributed by atoms with E-state index in [4.69, 9.17) is 4.74 Å². The number of rotatable bonds is 3. The van der Waals surface area contributed by atoms with Crippen molar-refractivity contribution in [2.75, 3.05) is 19.8 Å². The molecule has 1 aromatic rings. The molecule has 18 heavy (non-hydrogen) atoms. The summed E-state index contributed by atoms with van der Waals surface area (Å²) in [7, 11) is 1.61. The van der Waals surface area contributed by atoms with Crippen molar-refractivity contribution in [3.63, 3.8) is 0 Å². The quantitative estimate of drug-likeness (QED) is 0.743. The van der Waals surface area contributed by atoms with Gasteiger partial charge >= 0.3 is 0 Å². The second-order valence-corrected chi connectivity index (χ2v) is 4.57. The summed E-state index contributed by atoms with van der Waals surface area (Å²) in [6.45, 7) is 0.850. The van der Waals surface area contributed by atoms with E-state index >= 15 is 0 Å². The number of nitrogens with zero attached hydrogens (tertiary/aromatic N) is 1. The molecule has 1 saturated heterocycles. The third-order valence-electron chi connectivity index (χ3n) is 3.03. The molecule has 6 heteroatoms. The molecule has 2 rings (SSSR count). The van der Waals surface area contributed by atoms with Crippen LogP contribution in [0, 0.1) is 0 Å². The number of hydrogen-bond donors (Lipinski definition) is 2. The lowest BCUT2D eigenvalue weighted by molar-refractivity contribution is 0.0264. The normalized spacial score (nSPS) is 23.0. The smallest absolute Gasteiger partial charge is 0.251 e. The van der Waals surface area contributed by atoms with Gasteiger partial charge in [0.15, 0.2) is 0 Å². The average Bonchev–Trinajstić information content (AvgIpc) is 2.77. The van der Waals surface area contributed by atoms with Gasteiger partial charge in [-0.15, -0.1) is 0 Å². The van der Waals surface area contributed by atoms with Crippen LogP contribution in [0.3, 0.4) is 0 Å². The number of aliphatic hydroxyl groups is 1. The number of nitrogens with one attached hydrogen (secondary N) is 1. The van der Waals surface area contributed by atoms with Crippen LogP contribution in [0.25, 0.3) is 0 Å². The Kier molecular flexibility index (Phi) is 3.49. The van der Waals surface area contributed by atoms with Crippen LogP contribution in [0.5, 0.6) is 0 Å². The third-order valence-corrected chi connectivity index (χ3v) is 3.03. The zero-order valence-electron chi connectivity index (χ0n) is 10.2. The first kappa shape index (κ1) is 12.8. The Balaban J connectivity index is 1.99. The minimum Gasteiger partial charge on any atom is -0.386 e. The van der Waals surface area contributed by atoms with Crippen LogP contribution in [-0.2, 0) is 11.8 Å². The van der Waals surface area contributed by atoms with Crippen LogP contribution in [0.1, 0.15) is 16.8 Å². The molecule has 1 aliphatic rings. The van der Waals surface area contributed by atoms with Crippen LogP contribution in [0.2, 0.25) is 0 Å². The molecule has 2 N–H and O–H groups in total. The van der Waals surface area contributed by atoms with E-state index in [0.29, 0.717) is 18.6 Å². The minimum atomic E-state index is -0.991. The summed E-state index contributed by atoms with van der Waals surface area (Å²) in [5, 5.41) is 12.6. The fourth-order valence-corrected chi connectivity index (χ4v) is 1.77. The number of carbonyl (C=O) groups excluding carboxylic acids is 1. The highest BCUT2D eigenvalue weighted by atomic mass is 16.5. The van der Waals surface area contributed by atoms with Gasteiger partial charge in [-0.25, -0.2) is 0 Å². The van der Waals surface area contributed by atoms with Crippen molar-refractivity contribution in [1.29, 1.82) is 0 Å². The van der Waals surface area contributed by atoms with Crippen molar-refractivity contribution in [3.8, 4) is 0 Å². The summed E-state index contributed by atoms with van der Waals surface area (Å²) in [5.74, 6) is -0.368. The van der Waals surface area contributed by atoms with Gasteiger partial charge in [0, 0.05) is 44.4 Å². The zero-order valence-corrected chi connectivity index (χ0v) is 10.2. The Morgan fingerprint density at radius 2 is 2.44 bits per heavy atom. The largest absolute Gasteiger partial charge is 0.386 e. The van der Waals surface area contributed by atoms with Crippen LogP contribution in [0.15, 0.2) is 23.1 Å². The topological polar surface area (TPSA) is 80.6 Å². The average molecular weight is 252 g/mol. The van der Waals surface area contributed by atoms with Gasteiger partial charge in [-0.3, -0.25) is 9.59 Å². The molecular formula is C12H16N2O4.